The number of allylic oxidation sites excluding steroid dienone is 7. The molecule has 0 radical (unpaired) electrons. The van der Waals surface area contributed by atoms with Gasteiger partial charge in [0.25, 0.3) is 0 Å². The Morgan fingerprint density at radius 3 is 2.55 bits per heavy atom. The van der Waals surface area contributed by atoms with Crippen LogP contribution in [0.3, 0.4) is 0 Å². The Bertz CT molecular complexity index is 2210. The minimum absolute atomic E-state index is 0.0133. The number of hydrogen-bond acceptors (Lipinski definition) is 0. The lowest BCUT2D eigenvalue weighted by Gasteiger charge is -2.26. The summed E-state index contributed by atoms with van der Waals surface area (Å²) in [6.07, 6.45) is 13.7. The van der Waals surface area contributed by atoms with E-state index in [4.69, 9.17) is 0 Å². The highest BCUT2D eigenvalue weighted by Crippen LogP contribution is 2.53. The zero-order chi connectivity index (χ0) is 28.6. The maximum Gasteiger partial charge on any atom is 0.220 e. The van der Waals surface area contributed by atoms with Crippen LogP contribution >= 0.6 is 0 Å². The van der Waals surface area contributed by atoms with E-state index in [1.54, 1.807) is 5.57 Å². The molecule has 0 fully saturated rings. The minimum atomic E-state index is 0.0133. The molecule has 0 N–H and O–H groups in total. The molecule has 2 heterocycles. The van der Waals surface area contributed by atoms with Crippen molar-refractivity contribution in [1.82, 2.24) is 9.14 Å². The van der Waals surface area contributed by atoms with E-state index in [2.05, 4.69) is 152 Å². The third-order valence-electron chi connectivity index (χ3n) is 9.66. The molecule has 5 aromatic rings. The number of benzene rings is 4. The SMILES string of the molecule is C/C=C\C(=C/C1=c2cc(-n3c4ccccc4c4c5c(ccc43)C3=C(CCC=C3)C5(C)C)ccc2=[N+]1C)c1ccccc1. The van der Waals surface area contributed by atoms with Crippen LogP contribution in [0.5, 0.6) is 0 Å². The molecule has 0 atom stereocenters. The third kappa shape index (κ3) is 3.42. The van der Waals surface area contributed by atoms with E-state index < -0.39 is 0 Å². The number of rotatable bonds is 4. The van der Waals surface area contributed by atoms with E-state index in [0.29, 0.717) is 0 Å². The van der Waals surface area contributed by atoms with Crippen LogP contribution in [0.25, 0.3) is 44.3 Å². The zero-order valence-corrected chi connectivity index (χ0v) is 24.8. The van der Waals surface area contributed by atoms with E-state index in [1.807, 2.05) is 0 Å². The summed E-state index contributed by atoms with van der Waals surface area (Å²) in [5.41, 5.74) is 13.4. The molecule has 3 aliphatic rings. The Labute approximate surface area is 247 Å². The van der Waals surface area contributed by atoms with Crippen molar-refractivity contribution in [3.05, 3.63) is 148 Å². The highest BCUT2D eigenvalue weighted by molar-refractivity contribution is 6.14. The van der Waals surface area contributed by atoms with E-state index in [9.17, 15) is 0 Å². The van der Waals surface area contributed by atoms with Crippen molar-refractivity contribution in [3.8, 4) is 5.69 Å². The Hall–Kier alpha value is -4.69. The maximum absolute atomic E-state index is 2.48. The van der Waals surface area contributed by atoms with E-state index in [1.165, 1.54) is 71.6 Å². The van der Waals surface area contributed by atoms with Crippen molar-refractivity contribution < 1.29 is 0 Å². The molecule has 1 aromatic heterocycles. The highest BCUT2D eigenvalue weighted by atomic mass is 15.0. The molecule has 0 spiro atoms. The molecule has 2 nitrogen and oxygen atoms in total. The van der Waals surface area contributed by atoms with Gasteiger partial charge in [0.2, 0.25) is 11.1 Å². The fraction of sp³-hybridized carbons (Fsp3) is 0.175. The predicted molar refractivity (Wildman–Crippen MR) is 178 cm³/mol. The monoisotopic (exact) mass is 543 g/mol. The summed E-state index contributed by atoms with van der Waals surface area (Å²) in [4.78, 5) is 0. The van der Waals surface area contributed by atoms with Crippen LogP contribution in [0, 0.1) is 0 Å². The standard InChI is InChI=1S/C40H35N2/c1-5-13-27(26-14-7-6-8-15-26)24-37-32-25-28(20-22-34(32)41(37)4)42-35-19-12-10-17-31(35)38-36(42)23-21-30-29-16-9-11-18-33(29)40(2,3)39(30)38/h5-10,12-17,19-25H,11,18H2,1-4H3/q+1/b13-5-,27-24+. The first-order valence-corrected chi connectivity index (χ1v) is 15.1. The lowest BCUT2D eigenvalue weighted by atomic mass is 9.77. The van der Waals surface area contributed by atoms with Crippen molar-refractivity contribution in [1.29, 1.82) is 0 Å². The summed E-state index contributed by atoms with van der Waals surface area (Å²) >= 11 is 0. The van der Waals surface area contributed by atoms with Gasteiger partial charge in [-0.25, -0.2) is 0 Å². The lowest BCUT2D eigenvalue weighted by molar-refractivity contribution is 0.612. The molecule has 0 bridgehead atoms. The minimum Gasteiger partial charge on any atom is -0.309 e. The van der Waals surface area contributed by atoms with Gasteiger partial charge in [-0.15, -0.1) is 0 Å². The summed E-state index contributed by atoms with van der Waals surface area (Å²) < 4.78 is 4.79. The summed E-state index contributed by atoms with van der Waals surface area (Å²) in [5.74, 6) is 0. The van der Waals surface area contributed by atoms with Gasteiger partial charge in [0.05, 0.1) is 11.0 Å². The second kappa shape index (κ2) is 9.16. The first kappa shape index (κ1) is 25.1. The van der Waals surface area contributed by atoms with Gasteiger partial charge in [0, 0.05) is 34.0 Å². The highest BCUT2D eigenvalue weighted by Gasteiger charge is 2.39. The third-order valence-corrected chi connectivity index (χ3v) is 9.66. The molecule has 42 heavy (non-hydrogen) atoms. The molecule has 0 unspecified atom stereocenters. The van der Waals surface area contributed by atoms with E-state index in [-0.39, 0.29) is 5.41 Å². The maximum atomic E-state index is 2.48. The first-order valence-electron chi connectivity index (χ1n) is 15.1. The fourth-order valence-corrected chi connectivity index (χ4v) is 7.71. The summed E-state index contributed by atoms with van der Waals surface area (Å²) in [5, 5.41) is 5.30. The Morgan fingerprint density at radius 1 is 0.905 bits per heavy atom. The van der Waals surface area contributed by atoms with Gasteiger partial charge >= 0.3 is 0 Å². The van der Waals surface area contributed by atoms with Crippen LogP contribution in [0.2, 0.25) is 0 Å². The van der Waals surface area contributed by atoms with Crippen molar-refractivity contribution in [3.63, 3.8) is 0 Å². The Balaban J connectivity index is 1.37. The number of likely N-dealkylation sites (N-methyl/N-ethyl adjacent to an activating group) is 1. The van der Waals surface area contributed by atoms with Crippen LogP contribution in [0.15, 0.2) is 121 Å². The smallest absolute Gasteiger partial charge is 0.220 e. The van der Waals surface area contributed by atoms with Crippen molar-refractivity contribution in [2.45, 2.75) is 39.0 Å². The number of para-hydroxylation sites is 1. The second-order valence-corrected chi connectivity index (χ2v) is 12.3. The van der Waals surface area contributed by atoms with Crippen LogP contribution in [0.1, 0.15) is 50.3 Å². The molecule has 204 valence electrons. The van der Waals surface area contributed by atoms with Gasteiger partial charge < -0.3 is 4.57 Å². The van der Waals surface area contributed by atoms with Gasteiger partial charge in [-0.1, -0.05) is 98.3 Å². The average Bonchev–Trinajstić information content (AvgIpc) is 3.48. The molecule has 2 heteroatoms. The van der Waals surface area contributed by atoms with Crippen LogP contribution in [-0.2, 0) is 5.41 Å². The van der Waals surface area contributed by atoms with Crippen molar-refractivity contribution >= 4 is 38.6 Å². The molecule has 0 saturated carbocycles. The quantitative estimate of drug-likeness (QED) is 0.160. The molecule has 0 saturated heterocycles. The fourth-order valence-electron chi connectivity index (χ4n) is 7.71. The molecular weight excluding hydrogens is 508 g/mol. The Kier molecular flexibility index (Phi) is 5.46. The summed E-state index contributed by atoms with van der Waals surface area (Å²) in [6.45, 7) is 6.95. The summed E-state index contributed by atoms with van der Waals surface area (Å²) in [7, 11) is 2.17. The van der Waals surface area contributed by atoms with Crippen molar-refractivity contribution in [2.24, 2.45) is 0 Å². The summed E-state index contributed by atoms with van der Waals surface area (Å²) in [6, 6.07) is 31.3. The van der Waals surface area contributed by atoms with Crippen LogP contribution in [-0.4, -0.2) is 11.6 Å². The zero-order valence-electron chi connectivity index (χ0n) is 24.8. The topological polar surface area (TPSA) is 7.94 Å². The van der Waals surface area contributed by atoms with Crippen molar-refractivity contribution in [2.75, 3.05) is 7.05 Å². The molecule has 2 aliphatic carbocycles. The van der Waals surface area contributed by atoms with Gasteiger partial charge in [0.15, 0.2) is 0 Å². The van der Waals surface area contributed by atoms with Gasteiger partial charge in [-0.2, -0.15) is 4.58 Å². The molecule has 0 amide bonds. The normalized spacial score (nSPS) is 17.3. The lowest BCUT2D eigenvalue weighted by Crippen LogP contribution is -2.49. The molecular formula is C40H35N2+. The second-order valence-electron chi connectivity index (χ2n) is 12.3. The van der Waals surface area contributed by atoms with Gasteiger partial charge in [0.1, 0.15) is 12.3 Å². The average molecular weight is 544 g/mol. The number of nitrogens with zero attached hydrogens (tertiary/aromatic N) is 2. The largest absolute Gasteiger partial charge is 0.309 e. The van der Waals surface area contributed by atoms with E-state index >= 15 is 0 Å². The number of hydrogen-bond donors (Lipinski definition) is 0. The Morgan fingerprint density at radius 2 is 1.71 bits per heavy atom. The van der Waals surface area contributed by atoms with E-state index in [0.717, 1.165) is 12.8 Å². The van der Waals surface area contributed by atoms with Gasteiger partial charge in [-0.05, 0) is 71.9 Å². The number of aromatic nitrogens is 1. The molecule has 1 aliphatic heterocycles. The predicted octanol–water partition coefficient (Wildman–Crippen LogP) is 8.08. The molecule has 4 aromatic carbocycles. The molecule has 8 rings (SSSR count). The number of fused-ring (bicyclic) bond motifs is 7. The van der Waals surface area contributed by atoms with Crippen LogP contribution < -0.4 is 15.2 Å². The van der Waals surface area contributed by atoms with Gasteiger partial charge in [-0.3, -0.25) is 0 Å². The van der Waals surface area contributed by atoms with Crippen LogP contribution in [0.4, 0.5) is 0 Å². The first-order chi connectivity index (χ1) is 20.5.